The Labute approximate surface area is 388 Å². The topological polar surface area (TPSA) is 116 Å². The number of benzene rings is 9. The highest BCUT2D eigenvalue weighted by atomic mass is 15.0. The number of nitrogens with zero attached hydrogens (tertiary/aromatic N) is 9. The highest BCUT2D eigenvalue weighted by molar-refractivity contribution is 6.27. The Morgan fingerprint density at radius 3 is 1.01 bits per heavy atom. The molecule has 5 heterocycles. The molecule has 0 aliphatic carbocycles. The van der Waals surface area contributed by atoms with Crippen molar-refractivity contribution in [2.24, 2.45) is 0 Å². The second-order valence-corrected chi connectivity index (χ2v) is 17.1. The first-order chi connectivity index (χ1) is 33.6. The van der Waals surface area contributed by atoms with Crippen LogP contribution in [0.1, 0.15) is 0 Å². The Hall–Kier alpha value is -9.47. The van der Waals surface area contributed by atoms with E-state index >= 15 is 0 Å². The fourth-order valence-corrected chi connectivity index (χ4v) is 9.67. The third-order valence-corrected chi connectivity index (χ3v) is 13.0. The van der Waals surface area contributed by atoms with E-state index in [9.17, 15) is 0 Å². The van der Waals surface area contributed by atoms with Gasteiger partial charge in [-0.2, -0.15) is 0 Å². The van der Waals surface area contributed by atoms with Crippen LogP contribution in [0.15, 0.2) is 201 Å². The maximum atomic E-state index is 5.26. The van der Waals surface area contributed by atoms with Crippen molar-refractivity contribution >= 4 is 75.8 Å². The lowest BCUT2D eigenvalue weighted by Gasteiger charge is -2.16. The highest BCUT2D eigenvalue weighted by Gasteiger charge is 2.21. The van der Waals surface area contributed by atoms with Crippen LogP contribution in [0.3, 0.4) is 0 Å². The quantitative estimate of drug-likeness (QED) is 0.151. The molecule has 5 aromatic heterocycles. The van der Waals surface area contributed by atoms with Gasteiger partial charge in [0.1, 0.15) is 0 Å². The van der Waals surface area contributed by atoms with Crippen molar-refractivity contribution in [2.75, 3.05) is 0 Å². The molecule has 0 amide bonds. The Kier molecular flexibility index (Phi) is 8.38. The van der Waals surface area contributed by atoms with E-state index in [1.54, 1.807) is 0 Å². The van der Waals surface area contributed by atoms with Crippen molar-refractivity contribution in [1.29, 1.82) is 0 Å². The minimum Gasteiger partial charge on any atom is -0.256 e. The third-order valence-electron chi connectivity index (χ3n) is 13.0. The molecule has 0 aliphatic heterocycles. The first-order valence-electron chi connectivity index (χ1n) is 22.4. The molecule has 68 heavy (non-hydrogen) atoms. The summed E-state index contributed by atoms with van der Waals surface area (Å²) in [6.45, 7) is 0. The molecule has 0 saturated carbocycles. The lowest BCUT2D eigenvalue weighted by atomic mass is 9.89. The molecule has 0 unspecified atom stereocenters. The Bertz CT molecular complexity index is 3880. The summed E-state index contributed by atoms with van der Waals surface area (Å²) in [5, 5.41) is 11.8. The van der Waals surface area contributed by atoms with E-state index in [2.05, 4.69) is 142 Å². The third kappa shape index (κ3) is 6.29. The molecule has 0 atom stereocenters. The van der Waals surface area contributed by atoms with Crippen LogP contribution in [0, 0.1) is 0 Å². The summed E-state index contributed by atoms with van der Waals surface area (Å²) in [7, 11) is 0. The van der Waals surface area contributed by atoms with Crippen LogP contribution >= 0.6 is 0 Å². The first kappa shape index (κ1) is 37.9. The smallest absolute Gasteiger partial charge is 0.164 e. The average Bonchev–Trinajstić information content (AvgIpc) is 3.41. The normalized spacial score (nSPS) is 11.8. The van der Waals surface area contributed by atoms with Crippen molar-refractivity contribution in [3.05, 3.63) is 201 Å². The SMILES string of the molecule is c1ccc2cc(-c3nc(-c4ccc5ncccc5c4)nc(-c4ccc5ccc6c(-c7nc(-c8ccc9ncccc9c8)nc(-c8ccc9ncccc9c8)n7)ccc7ccc4c5c76)n3)ccc2c1. The average molecular weight is 868 g/mol. The van der Waals surface area contributed by atoms with E-state index in [0.29, 0.717) is 34.9 Å². The van der Waals surface area contributed by atoms with Crippen molar-refractivity contribution in [1.82, 2.24) is 44.9 Å². The van der Waals surface area contributed by atoms with Gasteiger partial charge in [-0.15, -0.1) is 0 Å². The molecule has 9 heteroatoms. The Balaban J connectivity index is 0.972. The molecule has 9 aromatic carbocycles. The molecular formula is C59H33N9. The van der Waals surface area contributed by atoms with E-state index in [0.717, 1.165) is 109 Å². The van der Waals surface area contributed by atoms with Crippen molar-refractivity contribution in [2.45, 2.75) is 0 Å². The number of pyridine rings is 3. The molecule has 14 aromatic rings. The fourth-order valence-electron chi connectivity index (χ4n) is 9.67. The second kappa shape index (κ2) is 15.0. The minimum atomic E-state index is 0.575. The van der Waals surface area contributed by atoms with Crippen molar-refractivity contribution < 1.29 is 0 Å². The van der Waals surface area contributed by atoms with Gasteiger partial charge in [0.25, 0.3) is 0 Å². The van der Waals surface area contributed by atoms with Gasteiger partial charge < -0.3 is 0 Å². The van der Waals surface area contributed by atoms with Gasteiger partial charge in [0.05, 0.1) is 16.6 Å². The summed E-state index contributed by atoms with van der Waals surface area (Å²) < 4.78 is 0. The van der Waals surface area contributed by atoms with E-state index in [1.165, 1.54) is 0 Å². The van der Waals surface area contributed by atoms with Crippen LogP contribution in [0.4, 0.5) is 0 Å². The Morgan fingerprint density at radius 1 is 0.235 bits per heavy atom. The monoisotopic (exact) mass is 867 g/mol. The minimum absolute atomic E-state index is 0.575. The zero-order chi connectivity index (χ0) is 44.7. The number of hydrogen-bond donors (Lipinski definition) is 0. The molecule has 0 bridgehead atoms. The first-order valence-corrected chi connectivity index (χ1v) is 22.4. The summed E-state index contributed by atoms with van der Waals surface area (Å²) in [5.41, 5.74) is 8.08. The van der Waals surface area contributed by atoms with Crippen molar-refractivity contribution in [3.63, 3.8) is 0 Å². The molecule has 14 rings (SSSR count). The molecule has 0 saturated heterocycles. The summed E-state index contributed by atoms with van der Waals surface area (Å²) >= 11 is 0. The van der Waals surface area contributed by atoms with Crippen LogP contribution in [-0.2, 0) is 0 Å². The van der Waals surface area contributed by atoms with E-state index in [1.807, 2.05) is 73.2 Å². The second-order valence-electron chi connectivity index (χ2n) is 17.1. The van der Waals surface area contributed by atoms with Gasteiger partial charge in [-0.05, 0) is 134 Å². The van der Waals surface area contributed by atoms with Gasteiger partial charge in [0.2, 0.25) is 0 Å². The van der Waals surface area contributed by atoms with E-state index in [4.69, 9.17) is 29.9 Å². The molecule has 0 spiro atoms. The summed E-state index contributed by atoms with van der Waals surface area (Å²) in [5.74, 6) is 3.50. The zero-order valence-electron chi connectivity index (χ0n) is 36.1. The summed E-state index contributed by atoms with van der Waals surface area (Å²) in [4.78, 5) is 44.9. The van der Waals surface area contributed by atoms with Gasteiger partial charge >= 0.3 is 0 Å². The van der Waals surface area contributed by atoms with Gasteiger partial charge in [-0.3, -0.25) is 15.0 Å². The fraction of sp³-hybridized carbons (Fsp3) is 0. The lowest BCUT2D eigenvalue weighted by Crippen LogP contribution is -2.02. The molecular weight excluding hydrogens is 835 g/mol. The van der Waals surface area contributed by atoms with E-state index < -0.39 is 0 Å². The maximum Gasteiger partial charge on any atom is 0.164 e. The van der Waals surface area contributed by atoms with Gasteiger partial charge in [0, 0.05) is 68.1 Å². The molecule has 0 radical (unpaired) electrons. The lowest BCUT2D eigenvalue weighted by molar-refractivity contribution is 1.08. The molecule has 0 aliphatic rings. The summed E-state index contributed by atoms with van der Waals surface area (Å²) in [6.07, 6.45) is 5.42. The number of hydrogen-bond acceptors (Lipinski definition) is 9. The van der Waals surface area contributed by atoms with E-state index in [-0.39, 0.29) is 0 Å². The predicted octanol–water partition coefficient (Wildman–Crippen LogP) is 13.8. The molecule has 0 N–H and O–H groups in total. The molecule has 314 valence electrons. The van der Waals surface area contributed by atoms with Crippen LogP contribution in [0.2, 0.25) is 0 Å². The Morgan fingerprint density at radius 2 is 0.574 bits per heavy atom. The predicted molar refractivity (Wildman–Crippen MR) is 273 cm³/mol. The van der Waals surface area contributed by atoms with Gasteiger partial charge in [-0.25, -0.2) is 29.9 Å². The van der Waals surface area contributed by atoms with Crippen LogP contribution in [0.5, 0.6) is 0 Å². The van der Waals surface area contributed by atoms with Crippen molar-refractivity contribution in [3.8, 4) is 68.3 Å². The number of fused-ring (bicyclic) bond motifs is 4. The highest BCUT2D eigenvalue weighted by Crippen LogP contribution is 2.42. The maximum absolute atomic E-state index is 5.26. The number of rotatable bonds is 6. The largest absolute Gasteiger partial charge is 0.256 e. The number of aromatic nitrogens is 9. The van der Waals surface area contributed by atoms with Crippen LogP contribution in [-0.4, -0.2) is 44.9 Å². The summed E-state index contributed by atoms with van der Waals surface area (Å²) in [6, 6.07) is 62.6. The molecule has 0 fully saturated rings. The standard InChI is InChI=1S/C59H33N9/c1-2-7-37-30-41(12-11-34(37)6-1)54-63-55(42-17-24-49-38(31-42)8-3-27-60-49)66-58(65-54)47-22-15-35-14-21-46-48(23-16-36-13-20-45(47)52(35)53(36)46)59-67-56(43-18-25-50-39(32-43)9-4-28-61-50)64-57(68-59)44-19-26-51-40(33-44)10-5-29-62-51/h1-33H. The van der Waals surface area contributed by atoms with Crippen LogP contribution in [0.25, 0.3) is 144 Å². The van der Waals surface area contributed by atoms with Gasteiger partial charge in [0.15, 0.2) is 34.9 Å². The van der Waals surface area contributed by atoms with Gasteiger partial charge in [-0.1, -0.05) is 91.0 Å². The zero-order valence-corrected chi connectivity index (χ0v) is 36.1. The van der Waals surface area contributed by atoms with Crippen LogP contribution < -0.4 is 0 Å². The molecule has 9 nitrogen and oxygen atoms in total.